The van der Waals surface area contributed by atoms with Gasteiger partial charge in [-0.15, -0.1) is 0 Å². The van der Waals surface area contributed by atoms with Gasteiger partial charge < -0.3 is 19.2 Å². The number of aromatic nitrogens is 2. The van der Waals surface area contributed by atoms with E-state index in [1.165, 1.54) is 0 Å². The molecular weight excluding hydrogens is 342 g/mol. The number of carbonyl (C=O) groups is 1. The van der Waals surface area contributed by atoms with Gasteiger partial charge in [-0.2, -0.15) is 0 Å². The number of amides is 1. The predicted octanol–water partition coefficient (Wildman–Crippen LogP) is 2.87. The quantitative estimate of drug-likeness (QED) is 0.697. The molecule has 6 nitrogen and oxygen atoms in total. The molecule has 1 aromatic carbocycles. The zero-order chi connectivity index (χ0) is 19.4. The first kappa shape index (κ1) is 18.8. The molecule has 1 N–H and O–H groups in total. The fourth-order valence-electron chi connectivity index (χ4n) is 3.18. The summed E-state index contributed by atoms with van der Waals surface area (Å²) in [6.45, 7) is 4.52. The molecule has 0 aliphatic heterocycles. The van der Waals surface area contributed by atoms with Gasteiger partial charge in [0.15, 0.2) is 11.5 Å². The third-order valence-electron chi connectivity index (χ3n) is 4.66. The van der Waals surface area contributed by atoms with Crippen molar-refractivity contribution in [1.29, 1.82) is 0 Å². The maximum absolute atomic E-state index is 12.4. The molecular formula is C21H25N3O3. The Labute approximate surface area is 159 Å². The summed E-state index contributed by atoms with van der Waals surface area (Å²) < 4.78 is 12.6. The van der Waals surface area contributed by atoms with Crippen molar-refractivity contribution >= 4 is 11.6 Å². The minimum Gasteiger partial charge on any atom is -0.493 e. The molecule has 0 aliphatic carbocycles. The summed E-state index contributed by atoms with van der Waals surface area (Å²) in [5.74, 6) is 1.38. The largest absolute Gasteiger partial charge is 0.493 e. The monoisotopic (exact) mass is 367 g/mol. The lowest BCUT2D eigenvalue weighted by Crippen LogP contribution is -2.27. The summed E-state index contributed by atoms with van der Waals surface area (Å²) >= 11 is 0. The first-order valence-electron chi connectivity index (χ1n) is 8.94. The van der Waals surface area contributed by atoms with Crippen molar-refractivity contribution < 1.29 is 14.3 Å². The van der Waals surface area contributed by atoms with Crippen LogP contribution in [0.1, 0.15) is 22.5 Å². The van der Waals surface area contributed by atoms with Crippen LogP contribution in [-0.2, 0) is 17.6 Å². The second kappa shape index (κ2) is 8.12. The van der Waals surface area contributed by atoms with Crippen LogP contribution in [0, 0.1) is 13.8 Å². The number of hydrogen-bond acceptors (Lipinski definition) is 4. The molecule has 0 radical (unpaired) electrons. The number of ether oxygens (including phenoxy) is 2. The minimum absolute atomic E-state index is 0.0121. The zero-order valence-electron chi connectivity index (χ0n) is 16.2. The minimum atomic E-state index is -0.0121. The smallest absolute Gasteiger partial charge is 0.226 e. The highest BCUT2D eigenvalue weighted by molar-refractivity contribution is 5.78. The van der Waals surface area contributed by atoms with Crippen molar-refractivity contribution in [2.45, 2.75) is 26.7 Å². The van der Waals surface area contributed by atoms with Crippen molar-refractivity contribution in [2.24, 2.45) is 0 Å². The summed E-state index contributed by atoms with van der Waals surface area (Å²) in [6, 6.07) is 9.78. The van der Waals surface area contributed by atoms with Crippen LogP contribution in [0.5, 0.6) is 11.5 Å². The predicted molar refractivity (Wildman–Crippen MR) is 105 cm³/mol. The molecule has 2 heterocycles. The molecule has 0 saturated heterocycles. The van der Waals surface area contributed by atoms with Crippen LogP contribution in [0.3, 0.4) is 0 Å². The first-order chi connectivity index (χ1) is 13.0. The molecule has 0 fully saturated rings. The Morgan fingerprint density at radius 1 is 1.15 bits per heavy atom. The highest BCUT2D eigenvalue weighted by Crippen LogP contribution is 2.27. The van der Waals surface area contributed by atoms with Gasteiger partial charge in [0.1, 0.15) is 5.65 Å². The Morgan fingerprint density at radius 3 is 2.67 bits per heavy atom. The van der Waals surface area contributed by atoms with E-state index >= 15 is 0 Å². The second-order valence-corrected chi connectivity index (χ2v) is 6.49. The Kier molecular flexibility index (Phi) is 5.64. The number of methoxy groups -OCH3 is 2. The molecule has 142 valence electrons. The van der Waals surface area contributed by atoms with Crippen molar-refractivity contribution in [2.75, 3.05) is 20.8 Å². The first-order valence-corrected chi connectivity index (χ1v) is 8.94. The van der Waals surface area contributed by atoms with E-state index in [0.29, 0.717) is 24.5 Å². The SMILES string of the molecule is COc1ccc(CCNC(=O)Cc2c(C)nc3c(C)cccn23)cc1OC. The van der Waals surface area contributed by atoms with Crippen molar-refractivity contribution in [3.63, 3.8) is 0 Å². The number of fused-ring (bicyclic) bond motifs is 1. The van der Waals surface area contributed by atoms with Gasteiger partial charge in [-0.1, -0.05) is 12.1 Å². The molecule has 0 unspecified atom stereocenters. The van der Waals surface area contributed by atoms with E-state index in [2.05, 4.69) is 10.3 Å². The molecule has 0 saturated carbocycles. The third-order valence-corrected chi connectivity index (χ3v) is 4.66. The maximum atomic E-state index is 12.4. The number of nitrogens with zero attached hydrogens (tertiary/aromatic N) is 2. The van der Waals surface area contributed by atoms with E-state index in [9.17, 15) is 4.79 Å². The average Bonchev–Trinajstić information content (AvgIpc) is 2.98. The number of hydrogen-bond donors (Lipinski definition) is 1. The van der Waals surface area contributed by atoms with Crippen LogP contribution in [0.25, 0.3) is 5.65 Å². The number of benzene rings is 1. The lowest BCUT2D eigenvalue weighted by Gasteiger charge is -2.10. The summed E-state index contributed by atoms with van der Waals surface area (Å²) in [6.07, 6.45) is 2.98. The topological polar surface area (TPSA) is 64.9 Å². The summed E-state index contributed by atoms with van der Waals surface area (Å²) in [7, 11) is 3.23. The van der Waals surface area contributed by atoms with Crippen LogP contribution in [0.15, 0.2) is 36.5 Å². The zero-order valence-corrected chi connectivity index (χ0v) is 16.2. The van der Waals surface area contributed by atoms with Gasteiger partial charge in [-0.05, 0) is 49.6 Å². The van der Waals surface area contributed by atoms with E-state index in [0.717, 1.165) is 34.6 Å². The van der Waals surface area contributed by atoms with Crippen molar-refractivity contribution in [3.05, 3.63) is 59.0 Å². The van der Waals surface area contributed by atoms with Gasteiger partial charge in [0.05, 0.1) is 32.0 Å². The standard InChI is InChI=1S/C21H25N3O3/c1-14-6-5-11-24-17(15(2)23-21(14)24)13-20(25)22-10-9-16-7-8-18(26-3)19(12-16)27-4/h5-8,11-12H,9-10,13H2,1-4H3,(H,22,25). The molecule has 0 bridgehead atoms. The van der Waals surface area contributed by atoms with E-state index in [1.807, 2.05) is 54.8 Å². The highest BCUT2D eigenvalue weighted by atomic mass is 16.5. The Hall–Kier alpha value is -3.02. The number of pyridine rings is 1. The van der Waals surface area contributed by atoms with Crippen molar-refractivity contribution in [3.8, 4) is 11.5 Å². The maximum Gasteiger partial charge on any atom is 0.226 e. The second-order valence-electron chi connectivity index (χ2n) is 6.49. The van der Waals surface area contributed by atoms with Gasteiger partial charge in [-0.3, -0.25) is 4.79 Å². The normalized spacial score (nSPS) is 10.8. The van der Waals surface area contributed by atoms with Gasteiger partial charge in [0.25, 0.3) is 0 Å². The van der Waals surface area contributed by atoms with Crippen LogP contribution in [-0.4, -0.2) is 36.1 Å². The summed E-state index contributed by atoms with van der Waals surface area (Å²) in [5.41, 5.74) is 4.90. The molecule has 27 heavy (non-hydrogen) atoms. The molecule has 3 aromatic rings. The Morgan fingerprint density at radius 2 is 1.93 bits per heavy atom. The van der Waals surface area contributed by atoms with Crippen molar-refractivity contribution in [1.82, 2.24) is 14.7 Å². The van der Waals surface area contributed by atoms with Crippen LogP contribution in [0.2, 0.25) is 0 Å². The highest BCUT2D eigenvalue weighted by Gasteiger charge is 2.13. The fraction of sp³-hybridized carbons (Fsp3) is 0.333. The molecule has 2 aromatic heterocycles. The van der Waals surface area contributed by atoms with Gasteiger partial charge in [0.2, 0.25) is 5.91 Å². The summed E-state index contributed by atoms with van der Waals surface area (Å²) in [4.78, 5) is 17.0. The number of aryl methyl sites for hydroxylation is 2. The fourth-order valence-corrected chi connectivity index (χ4v) is 3.18. The Bertz CT molecular complexity index is 963. The molecule has 0 spiro atoms. The summed E-state index contributed by atoms with van der Waals surface area (Å²) in [5, 5.41) is 2.99. The van der Waals surface area contributed by atoms with Gasteiger partial charge in [0, 0.05) is 12.7 Å². The van der Waals surface area contributed by atoms with E-state index < -0.39 is 0 Å². The van der Waals surface area contributed by atoms with Crippen LogP contribution in [0.4, 0.5) is 0 Å². The molecule has 6 heteroatoms. The molecule has 3 rings (SSSR count). The van der Waals surface area contributed by atoms with Crippen LogP contribution < -0.4 is 14.8 Å². The third kappa shape index (κ3) is 4.05. The van der Waals surface area contributed by atoms with Gasteiger partial charge in [-0.25, -0.2) is 4.98 Å². The molecule has 1 amide bonds. The number of carbonyl (C=O) groups excluding carboxylic acids is 1. The lowest BCUT2D eigenvalue weighted by molar-refractivity contribution is -0.120. The lowest BCUT2D eigenvalue weighted by atomic mass is 10.1. The van der Waals surface area contributed by atoms with Gasteiger partial charge >= 0.3 is 0 Å². The number of nitrogens with one attached hydrogen (secondary N) is 1. The number of imidazole rings is 1. The number of rotatable bonds is 7. The average molecular weight is 367 g/mol. The molecule has 0 atom stereocenters. The molecule has 0 aliphatic rings. The van der Waals surface area contributed by atoms with Crippen LogP contribution >= 0.6 is 0 Å². The van der Waals surface area contributed by atoms with E-state index in [-0.39, 0.29) is 5.91 Å². The van der Waals surface area contributed by atoms with E-state index in [4.69, 9.17) is 9.47 Å². The van der Waals surface area contributed by atoms with E-state index in [1.54, 1.807) is 14.2 Å². The Balaban J connectivity index is 1.61.